The number of aromatic nitrogens is 1. The largest absolute Gasteiger partial charge is 0.379 e. The maximum atomic E-state index is 13.7. The number of carbonyl (C=O) groups is 3. The SMILES string of the molecule is Cc1ncsc1-c1ccc(CNC(=O)C2CCCN2C(=O)C(NC(=O)CCOCCOCCOCCOCCN)C(C)(C)C)cc1. The van der Waals surface area contributed by atoms with Crippen molar-refractivity contribution in [2.75, 3.05) is 65.9 Å². The minimum atomic E-state index is -0.778. The topological polar surface area (TPSA) is 154 Å². The van der Waals surface area contributed by atoms with E-state index in [0.29, 0.717) is 72.3 Å². The summed E-state index contributed by atoms with van der Waals surface area (Å²) >= 11 is 1.60. The Morgan fingerprint density at radius 1 is 0.978 bits per heavy atom. The molecule has 1 aromatic carbocycles. The van der Waals surface area contributed by atoms with E-state index in [1.807, 2.05) is 57.5 Å². The highest BCUT2D eigenvalue weighted by atomic mass is 32.1. The Bertz CT molecular complexity index is 1220. The van der Waals surface area contributed by atoms with E-state index in [4.69, 9.17) is 24.7 Å². The van der Waals surface area contributed by atoms with Crippen LogP contribution in [0.3, 0.4) is 0 Å². The van der Waals surface area contributed by atoms with Crippen LogP contribution in [-0.4, -0.2) is 106 Å². The van der Waals surface area contributed by atoms with Gasteiger partial charge in [0.1, 0.15) is 12.1 Å². The smallest absolute Gasteiger partial charge is 0.246 e. The third-order valence-corrected chi connectivity index (χ3v) is 8.51. The van der Waals surface area contributed by atoms with E-state index in [0.717, 1.165) is 28.1 Å². The molecule has 0 bridgehead atoms. The zero-order chi connectivity index (χ0) is 33.4. The fraction of sp³-hybridized carbons (Fsp3) is 0.636. The van der Waals surface area contributed by atoms with E-state index < -0.39 is 17.5 Å². The molecule has 1 aliphatic heterocycles. The highest BCUT2D eigenvalue weighted by Crippen LogP contribution is 2.28. The third kappa shape index (κ3) is 12.3. The normalized spacial score (nSPS) is 15.6. The van der Waals surface area contributed by atoms with Gasteiger partial charge in [-0.05, 0) is 36.3 Å². The van der Waals surface area contributed by atoms with Gasteiger partial charge in [-0.3, -0.25) is 14.4 Å². The van der Waals surface area contributed by atoms with Crippen molar-refractivity contribution in [3.05, 3.63) is 41.0 Å². The maximum absolute atomic E-state index is 13.7. The van der Waals surface area contributed by atoms with E-state index in [1.54, 1.807) is 16.2 Å². The molecule has 2 atom stereocenters. The molecule has 46 heavy (non-hydrogen) atoms. The molecule has 3 amide bonds. The molecule has 2 aromatic rings. The Hall–Kier alpha value is -2.94. The Morgan fingerprint density at radius 3 is 2.15 bits per heavy atom. The quantitative estimate of drug-likeness (QED) is 0.182. The molecular formula is C33H51N5O7S. The fourth-order valence-corrected chi connectivity index (χ4v) is 5.83. The van der Waals surface area contributed by atoms with Crippen LogP contribution < -0.4 is 16.4 Å². The first kappa shape index (κ1) is 37.5. The molecule has 1 aliphatic rings. The molecule has 2 heterocycles. The monoisotopic (exact) mass is 661 g/mol. The molecule has 1 aromatic heterocycles. The van der Waals surface area contributed by atoms with Crippen LogP contribution in [0.4, 0.5) is 0 Å². The number of nitrogens with one attached hydrogen (secondary N) is 2. The predicted octanol–water partition coefficient (Wildman–Crippen LogP) is 2.67. The molecule has 0 radical (unpaired) electrons. The average Bonchev–Trinajstić information content (AvgIpc) is 3.70. The van der Waals surface area contributed by atoms with Crippen LogP contribution in [0.1, 0.15) is 51.3 Å². The third-order valence-electron chi connectivity index (χ3n) is 7.54. The van der Waals surface area contributed by atoms with Gasteiger partial charge in [0, 0.05) is 26.1 Å². The van der Waals surface area contributed by atoms with Crippen molar-refractivity contribution in [3.8, 4) is 10.4 Å². The van der Waals surface area contributed by atoms with Crippen molar-refractivity contribution < 1.29 is 33.3 Å². The standard InChI is InChI=1S/C33H51N5O7S/c1-24-29(46-23-36-24)26-9-7-25(8-10-26)22-35-31(40)27-6-5-13-38(27)32(41)30(33(2,3)4)37-28(39)11-14-42-16-18-44-20-21-45-19-17-43-15-12-34/h7-10,23,27,30H,5-6,11-22,34H2,1-4H3,(H,35,40)(H,37,39). The molecule has 0 aliphatic carbocycles. The molecule has 13 heteroatoms. The van der Waals surface area contributed by atoms with E-state index in [9.17, 15) is 14.4 Å². The Kier molecular flexibility index (Phi) is 16.0. The Balaban J connectivity index is 1.39. The number of amides is 3. The number of aryl methyl sites for hydroxylation is 1. The van der Waals surface area contributed by atoms with Crippen LogP contribution in [0, 0.1) is 12.3 Å². The van der Waals surface area contributed by atoms with Crippen molar-refractivity contribution in [1.29, 1.82) is 0 Å². The Morgan fingerprint density at radius 2 is 1.59 bits per heavy atom. The molecule has 3 rings (SSSR count). The molecule has 256 valence electrons. The second-order valence-corrected chi connectivity index (χ2v) is 13.1. The minimum absolute atomic E-state index is 0.108. The first-order valence-corrected chi connectivity index (χ1v) is 16.9. The van der Waals surface area contributed by atoms with Gasteiger partial charge in [-0.2, -0.15) is 0 Å². The zero-order valence-electron chi connectivity index (χ0n) is 27.7. The van der Waals surface area contributed by atoms with Gasteiger partial charge >= 0.3 is 0 Å². The van der Waals surface area contributed by atoms with Gasteiger partial charge in [-0.1, -0.05) is 45.0 Å². The van der Waals surface area contributed by atoms with Crippen molar-refractivity contribution in [2.45, 2.75) is 65.6 Å². The van der Waals surface area contributed by atoms with E-state index in [1.165, 1.54) is 0 Å². The van der Waals surface area contributed by atoms with Crippen molar-refractivity contribution >= 4 is 29.1 Å². The lowest BCUT2D eigenvalue weighted by Gasteiger charge is -2.35. The van der Waals surface area contributed by atoms with Crippen LogP contribution in [0.2, 0.25) is 0 Å². The van der Waals surface area contributed by atoms with Crippen LogP contribution in [0.15, 0.2) is 29.8 Å². The summed E-state index contributed by atoms with van der Waals surface area (Å²) < 4.78 is 21.6. The van der Waals surface area contributed by atoms with Crippen LogP contribution in [0.5, 0.6) is 0 Å². The number of nitrogens with zero attached hydrogens (tertiary/aromatic N) is 2. The molecule has 1 saturated heterocycles. The van der Waals surface area contributed by atoms with Gasteiger partial charge in [0.05, 0.1) is 68.9 Å². The van der Waals surface area contributed by atoms with Gasteiger partial charge < -0.3 is 40.2 Å². The average molecular weight is 662 g/mol. The highest BCUT2D eigenvalue weighted by Gasteiger charge is 2.41. The van der Waals surface area contributed by atoms with E-state index in [2.05, 4.69) is 15.6 Å². The summed E-state index contributed by atoms with van der Waals surface area (Å²) in [5, 5.41) is 5.91. The molecule has 12 nitrogen and oxygen atoms in total. The van der Waals surface area contributed by atoms with Gasteiger partial charge in [0.2, 0.25) is 17.7 Å². The van der Waals surface area contributed by atoms with Gasteiger partial charge in [0.25, 0.3) is 0 Å². The first-order chi connectivity index (χ1) is 22.1. The minimum Gasteiger partial charge on any atom is -0.379 e. The molecule has 0 saturated carbocycles. The number of nitrogens with two attached hydrogens (primary N) is 1. The molecule has 4 N–H and O–H groups in total. The number of hydrogen-bond acceptors (Lipinski definition) is 10. The lowest BCUT2D eigenvalue weighted by molar-refractivity contribution is -0.144. The van der Waals surface area contributed by atoms with Crippen molar-refractivity contribution in [3.63, 3.8) is 0 Å². The zero-order valence-corrected chi connectivity index (χ0v) is 28.5. The predicted molar refractivity (Wildman–Crippen MR) is 177 cm³/mol. The molecule has 0 spiro atoms. The number of hydrogen-bond donors (Lipinski definition) is 3. The summed E-state index contributed by atoms with van der Waals surface area (Å²) in [5.41, 5.74) is 9.69. The number of carbonyl (C=O) groups excluding carboxylic acids is 3. The maximum Gasteiger partial charge on any atom is 0.246 e. The number of ether oxygens (including phenoxy) is 4. The number of thiazole rings is 1. The second-order valence-electron chi connectivity index (χ2n) is 12.2. The fourth-order valence-electron chi connectivity index (χ4n) is 5.02. The Labute approximate surface area is 276 Å². The van der Waals surface area contributed by atoms with Crippen molar-refractivity contribution in [1.82, 2.24) is 20.5 Å². The van der Waals surface area contributed by atoms with Gasteiger partial charge in [0.15, 0.2) is 0 Å². The molecular weight excluding hydrogens is 610 g/mol. The van der Waals surface area contributed by atoms with Crippen molar-refractivity contribution in [2.24, 2.45) is 11.1 Å². The van der Waals surface area contributed by atoms with Gasteiger partial charge in [-0.25, -0.2) is 4.98 Å². The summed E-state index contributed by atoms with van der Waals surface area (Å²) in [6, 6.07) is 6.70. The highest BCUT2D eigenvalue weighted by molar-refractivity contribution is 7.13. The summed E-state index contributed by atoms with van der Waals surface area (Å²) in [4.78, 5) is 46.8. The van der Waals surface area contributed by atoms with E-state index >= 15 is 0 Å². The summed E-state index contributed by atoms with van der Waals surface area (Å²) in [5.74, 6) is -0.715. The second kappa shape index (κ2) is 19.7. The van der Waals surface area contributed by atoms with Gasteiger partial charge in [-0.15, -0.1) is 11.3 Å². The number of rotatable bonds is 20. The van der Waals surface area contributed by atoms with Crippen LogP contribution >= 0.6 is 11.3 Å². The summed E-state index contributed by atoms with van der Waals surface area (Å²) in [6.07, 6.45) is 1.41. The van der Waals surface area contributed by atoms with E-state index in [-0.39, 0.29) is 30.7 Å². The summed E-state index contributed by atoms with van der Waals surface area (Å²) in [7, 11) is 0. The van der Waals surface area contributed by atoms with Crippen LogP contribution in [-0.2, 0) is 39.9 Å². The summed E-state index contributed by atoms with van der Waals surface area (Å²) in [6.45, 7) is 12.4. The lowest BCUT2D eigenvalue weighted by Crippen LogP contribution is -2.57. The first-order valence-electron chi connectivity index (χ1n) is 16.0. The molecule has 1 fully saturated rings. The number of likely N-dealkylation sites (tertiary alicyclic amines) is 1. The van der Waals surface area contributed by atoms with Crippen LogP contribution in [0.25, 0.3) is 10.4 Å². The lowest BCUT2D eigenvalue weighted by atomic mass is 9.85. The number of benzene rings is 1. The molecule has 2 unspecified atom stereocenters.